The summed E-state index contributed by atoms with van der Waals surface area (Å²) in [5.41, 5.74) is -0.608. The van der Waals surface area contributed by atoms with Crippen LogP contribution in [-0.4, -0.2) is 19.2 Å². The number of benzene rings is 1. The molecule has 0 saturated carbocycles. The summed E-state index contributed by atoms with van der Waals surface area (Å²) in [6.07, 6.45) is 2.96. The normalized spacial score (nSPS) is 10.9. The lowest BCUT2D eigenvalue weighted by Gasteiger charge is -2.04. The van der Waals surface area contributed by atoms with Crippen molar-refractivity contribution in [3.05, 3.63) is 68.2 Å². The Labute approximate surface area is 133 Å². The highest BCUT2D eigenvalue weighted by Crippen LogP contribution is 2.30. The number of phenolic OH excluding ortho intramolecular Hbond substituents is 1. The SMILES string of the molecule is Cn1c(=O)ccn(Cc2cnc(-c3cc(O)ccc3F)s2)c1=O. The molecule has 0 aliphatic rings. The van der Waals surface area contributed by atoms with E-state index in [0.29, 0.717) is 5.01 Å². The van der Waals surface area contributed by atoms with Crippen molar-refractivity contribution < 1.29 is 9.50 Å². The maximum atomic E-state index is 13.8. The summed E-state index contributed by atoms with van der Waals surface area (Å²) in [6.45, 7) is 0.227. The van der Waals surface area contributed by atoms with Gasteiger partial charge < -0.3 is 5.11 Å². The Balaban J connectivity index is 1.94. The maximum absolute atomic E-state index is 13.8. The monoisotopic (exact) mass is 333 g/mol. The first-order valence-electron chi connectivity index (χ1n) is 6.66. The van der Waals surface area contributed by atoms with Gasteiger partial charge in [0.05, 0.1) is 6.54 Å². The smallest absolute Gasteiger partial charge is 0.331 e. The van der Waals surface area contributed by atoms with Crippen LogP contribution in [0.4, 0.5) is 4.39 Å². The third-order valence-electron chi connectivity index (χ3n) is 3.32. The van der Waals surface area contributed by atoms with Crippen LogP contribution in [0.2, 0.25) is 0 Å². The summed E-state index contributed by atoms with van der Waals surface area (Å²) in [7, 11) is 1.40. The Morgan fingerprint density at radius 1 is 1.30 bits per heavy atom. The fourth-order valence-electron chi connectivity index (χ4n) is 2.09. The molecule has 0 bridgehead atoms. The molecule has 0 spiro atoms. The molecule has 0 saturated heterocycles. The molecule has 0 fully saturated rings. The average Bonchev–Trinajstić information content (AvgIpc) is 2.99. The largest absolute Gasteiger partial charge is 0.508 e. The fraction of sp³-hybridized carbons (Fsp3) is 0.133. The van der Waals surface area contributed by atoms with E-state index in [9.17, 15) is 19.1 Å². The summed E-state index contributed by atoms with van der Waals surface area (Å²) >= 11 is 1.21. The van der Waals surface area contributed by atoms with E-state index in [4.69, 9.17) is 0 Å². The minimum atomic E-state index is -0.483. The Kier molecular flexibility index (Phi) is 3.83. The van der Waals surface area contributed by atoms with Gasteiger partial charge in [-0.2, -0.15) is 0 Å². The number of hydrogen-bond acceptors (Lipinski definition) is 5. The zero-order valence-corrected chi connectivity index (χ0v) is 12.9. The topological polar surface area (TPSA) is 77.1 Å². The minimum Gasteiger partial charge on any atom is -0.508 e. The molecule has 1 N–H and O–H groups in total. The zero-order valence-electron chi connectivity index (χ0n) is 12.1. The van der Waals surface area contributed by atoms with Gasteiger partial charge in [0, 0.05) is 35.9 Å². The minimum absolute atomic E-state index is 0.0487. The molecule has 0 unspecified atom stereocenters. The number of phenols is 1. The number of hydrogen-bond donors (Lipinski definition) is 1. The van der Waals surface area contributed by atoms with Crippen molar-refractivity contribution in [1.82, 2.24) is 14.1 Å². The van der Waals surface area contributed by atoms with Crippen molar-refractivity contribution in [3.63, 3.8) is 0 Å². The molecule has 2 aromatic heterocycles. The first-order chi connectivity index (χ1) is 11.0. The summed E-state index contributed by atoms with van der Waals surface area (Å²) in [5, 5.41) is 9.87. The van der Waals surface area contributed by atoms with Crippen molar-refractivity contribution in [2.24, 2.45) is 7.05 Å². The molecule has 1 aromatic carbocycles. The highest BCUT2D eigenvalue weighted by atomic mass is 32.1. The van der Waals surface area contributed by atoms with Crippen LogP contribution in [0.3, 0.4) is 0 Å². The number of aromatic hydroxyl groups is 1. The highest BCUT2D eigenvalue weighted by molar-refractivity contribution is 7.15. The summed E-state index contributed by atoms with van der Waals surface area (Å²) in [6, 6.07) is 5.04. The standard InChI is InChI=1S/C15H12FN3O3S/c1-18-13(21)4-5-19(15(18)22)8-10-7-17-14(23-10)11-6-9(20)2-3-12(11)16/h2-7,20H,8H2,1H3. The van der Waals surface area contributed by atoms with Crippen LogP contribution in [0.15, 0.2) is 46.2 Å². The van der Waals surface area contributed by atoms with Crippen molar-refractivity contribution in [1.29, 1.82) is 0 Å². The van der Waals surface area contributed by atoms with Crippen molar-refractivity contribution in [3.8, 4) is 16.3 Å². The van der Waals surface area contributed by atoms with E-state index in [1.807, 2.05) is 0 Å². The van der Waals surface area contributed by atoms with Crippen LogP contribution in [0.1, 0.15) is 4.88 Å². The Morgan fingerprint density at radius 2 is 2.09 bits per heavy atom. The van der Waals surface area contributed by atoms with Gasteiger partial charge in [-0.05, 0) is 18.2 Å². The van der Waals surface area contributed by atoms with Gasteiger partial charge in [0.25, 0.3) is 5.56 Å². The number of thiazole rings is 1. The molecule has 3 rings (SSSR count). The van der Waals surface area contributed by atoms with Gasteiger partial charge in [-0.25, -0.2) is 14.2 Å². The first kappa shape index (κ1) is 15.2. The van der Waals surface area contributed by atoms with Gasteiger partial charge in [-0.1, -0.05) is 0 Å². The Morgan fingerprint density at radius 3 is 2.87 bits per heavy atom. The van der Waals surface area contributed by atoms with Gasteiger partial charge in [0.15, 0.2) is 0 Å². The van der Waals surface area contributed by atoms with E-state index in [1.165, 1.54) is 53.4 Å². The Bertz CT molecular complexity index is 990. The molecule has 0 aliphatic heterocycles. The lowest BCUT2D eigenvalue weighted by atomic mass is 10.2. The number of rotatable bonds is 3. The van der Waals surface area contributed by atoms with Crippen LogP contribution in [0.25, 0.3) is 10.6 Å². The molecule has 0 amide bonds. The van der Waals surface area contributed by atoms with Gasteiger partial charge >= 0.3 is 5.69 Å². The quantitative estimate of drug-likeness (QED) is 0.789. The third kappa shape index (κ3) is 2.93. The summed E-state index contributed by atoms with van der Waals surface area (Å²) in [4.78, 5) is 28.2. The van der Waals surface area contributed by atoms with Crippen molar-refractivity contribution >= 4 is 11.3 Å². The molecule has 118 valence electrons. The molecule has 0 atom stereocenters. The van der Waals surface area contributed by atoms with Gasteiger partial charge in [0.1, 0.15) is 16.6 Å². The lowest BCUT2D eigenvalue weighted by molar-refractivity contribution is 0.473. The van der Waals surface area contributed by atoms with E-state index in [1.54, 1.807) is 6.20 Å². The van der Waals surface area contributed by atoms with Crippen LogP contribution in [0.5, 0.6) is 5.75 Å². The van der Waals surface area contributed by atoms with Gasteiger partial charge in [-0.3, -0.25) is 13.9 Å². The average molecular weight is 333 g/mol. The second-order valence-electron chi connectivity index (χ2n) is 4.92. The highest BCUT2D eigenvalue weighted by Gasteiger charge is 2.12. The molecule has 2 heterocycles. The lowest BCUT2D eigenvalue weighted by Crippen LogP contribution is -2.36. The van der Waals surface area contributed by atoms with Crippen LogP contribution >= 0.6 is 11.3 Å². The van der Waals surface area contributed by atoms with Crippen molar-refractivity contribution in [2.75, 3.05) is 0 Å². The molecule has 6 nitrogen and oxygen atoms in total. The second-order valence-corrected chi connectivity index (χ2v) is 6.03. The fourth-order valence-corrected chi connectivity index (χ4v) is 3.02. The van der Waals surface area contributed by atoms with E-state index >= 15 is 0 Å². The van der Waals surface area contributed by atoms with Crippen LogP contribution in [0, 0.1) is 5.82 Å². The summed E-state index contributed by atoms with van der Waals surface area (Å²) < 4.78 is 16.2. The predicted molar refractivity (Wildman–Crippen MR) is 84.2 cm³/mol. The van der Waals surface area contributed by atoms with E-state index in [2.05, 4.69) is 4.98 Å². The number of aromatic nitrogens is 3. The molecule has 8 heteroatoms. The zero-order chi connectivity index (χ0) is 16.6. The van der Waals surface area contributed by atoms with E-state index in [-0.39, 0.29) is 23.4 Å². The van der Waals surface area contributed by atoms with Gasteiger partial charge in [0.2, 0.25) is 0 Å². The molecular formula is C15H12FN3O3S. The molecule has 3 aromatic rings. The molecule has 0 radical (unpaired) electrons. The summed E-state index contributed by atoms with van der Waals surface area (Å²) in [5.74, 6) is -0.532. The maximum Gasteiger partial charge on any atom is 0.331 e. The molecular weight excluding hydrogens is 321 g/mol. The Hall–Kier alpha value is -2.74. The van der Waals surface area contributed by atoms with Crippen LogP contribution in [-0.2, 0) is 13.6 Å². The second kappa shape index (κ2) is 5.81. The van der Waals surface area contributed by atoms with Crippen molar-refractivity contribution in [2.45, 2.75) is 6.54 Å². The van der Waals surface area contributed by atoms with E-state index < -0.39 is 11.5 Å². The predicted octanol–water partition coefficient (Wildman–Crippen LogP) is 1.56. The molecule has 0 aliphatic carbocycles. The first-order valence-corrected chi connectivity index (χ1v) is 7.47. The molecule has 23 heavy (non-hydrogen) atoms. The number of nitrogens with zero attached hydrogens (tertiary/aromatic N) is 3. The third-order valence-corrected chi connectivity index (χ3v) is 4.34. The van der Waals surface area contributed by atoms with Gasteiger partial charge in [-0.15, -0.1) is 11.3 Å². The number of halogens is 1. The van der Waals surface area contributed by atoms with E-state index in [0.717, 1.165) is 9.44 Å². The van der Waals surface area contributed by atoms with Crippen LogP contribution < -0.4 is 11.2 Å².